The van der Waals surface area contributed by atoms with E-state index in [1.165, 1.54) is 0 Å². The molecular formula is C10H12ClN3O. The van der Waals surface area contributed by atoms with E-state index >= 15 is 0 Å². The lowest BCUT2D eigenvalue weighted by atomic mass is 9.99. The highest BCUT2D eigenvalue weighted by Crippen LogP contribution is 2.34. The summed E-state index contributed by atoms with van der Waals surface area (Å²) in [4.78, 5) is 17.8. The third kappa shape index (κ3) is 1.45. The molecule has 2 rings (SSSR count). The van der Waals surface area contributed by atoms with E-state index in [0.29, 0.717) is 16.7 Å². The summed E-state index contributed by atoms with van der Waals surface area (Å²) in [7, 11) is 1.83. The molecule has 0 bridgehead atoms. The third-order valence-electron chi connectivity index (χ3n) is 2.80. The Labute approximate surface area is 93.2 Å². The topological polar surface area (TPSA) is 45.2 Å². The zero-order valence-corrected chi connectivity index (χ0v) is 9.59. The van der Waals surface area contributed by atoms with Crippen molar-refractivity contribution in [2.45, 2.75) is 19.4 Å². The highest BCUT2D eigenvalue weighted by atomic mass is 35.5. The summed E-state index contributed by atoms with van der Waals surface area (Å²) >= 11 is 5.82. The molecule has 80 valence electrons. The molecule has 15 heavy (non-hydrogen) atoms. The lowest BCUT2D eigenvalue weighted by Gasteiger charge is -2.40. The van der Waals surface area contributed by atoms with E-state index in [4.69, 9.17) is 11.6 Å². The molecule has 0 saturated carbocycles. The van der Waals surface area contributed by atoms with Crippen LogP contribution in [0.3, 0.4) is 0 Å². The number of aromatic nitrogens is 1. The van der Waals surface area contributed by atoms with E-state index in [1.54, 1.807) is 12.1 Å². The van der Waals surface area contributed by atoms with Gasteiger partial charge in [-0.25, -0.2) is 4.98 Å². The number of amides is 1. The van der Waals surface area contributed by atoms with Crippen LogP contribution in [-0.4, -0.2) is 23.5 Å². The highest BCUT2D eigenvalue weighted by molar-refractivity contribution is 6.29. The SMILES string of the molecule is CN1c2nc(Cl)ccc2NC(=O)C1(C)C. The van der Waals surface area contributed by atoms with E-state index in [0.717, 1.165) is 0 Å². The van der Waals surface area contributed by atoms with Crippen molar-refractivity contribution in [1.82, 2.24) is 4.98 Å². The first-order valence-electron chi connectivity index (χ1n) is 4.65. The minimum atomic E-state index is -0.606. The zero-order valence-electron chi connectivity index (χ0n) is 8.84. The summed E-state index contributed by atoms with van der Waals surface area (Å²) in [6, 6.07) is 3.42. The zero-order chi connectivity index (χ0) is 11.2. The fourth-order valence-corrected chi connectivity index (χ4v) is 1.61. The number of anilines is 2. The first-order chi connectivity index (χ1) is 6.93. The van der Waals surface area contributed by atoms with Gasteiger partial charge in [-0.15, -0.1) is 0 Å². The Balaban J connectivity index is 2.57. The molecule has 0 fully saturated rings. The van der Waals surface area contributed by atoms with E-state index in [1.807, 2.05) is 25.8 Å². The largest absolute Gasteiger partial charge is 0.344 e. The quantitative estimate of drug-likeness (QED) is 0.686. The monoisotopic (exact) mass is 225 g/mol. The van der Waals surface area contributed by atoms with Gasteiger partial charge in [0.2, 0.25) is 5.91 Å². The number of likely N-dealkylation sites (N-methyl/N-ethyl adjacent to an activating group) is 1. The lowest BCUT2D eigenvalue weighted by molar-refractivity contribution is -0.120. The maximum atomic E-state index is 11.8. The van der Waals surface area contributed by atoms with Gasteiger partial charge in [-0.05, 0) is 26.0 Å². The summed E-state index contributed by atoms with van der Waals surface area (Å²) in [6.45, 7) is 3.68. The molecule has 0 atom stereocenters. The van der Waals surface area contributed by atoms with Gasteiger partial charge in [0.25, 0.3) is 0 Å². The molecule has 0 unspecified atom stereocenters. The number of rotatable bonds is 0. The van der Waals surface area contributed by atoms with Crippen LogP contribution < -0.4 is 10.2 Å². The molecule has 1 N–H and O–H groups in total. The molecule has 1 aliphatic rings. The fourth-order valence-electron chi connectivity index (χ4n) is 1.47. The molecule has 1 aromatic rings. The summed E-state index contributed by atoms with van der Waals surface area (Å²) in [5, 5.41) is 3.23. The number of halogens is 1. The van der Waals surface area contributed by atoms with Crippen molar-refractivity contribution in [1.29, 1.82) is 0 Å². The summed E-state index contributed by atoms with van der Waals surface area (Å²) in [6.07, 6.45) is 0. The van der Waals surface area contributed by atoms with Crippen LogP contribution in [0.2, 0.25) is 5.15 Å². The lowest BCUT2D eigenvalue weighted by Crippen LogP contribution is -2.54. The molecule has 1 aromatic heterocycles. The van der Waals surface area contributed by atoms with Crippen LogP contribution in [0, 0.1) is 0 Å². The molecule has 0 aliphatic carbocycles. The van der Waals surface area contributed by atoms with Gasteiger partial charge in [-0.2, -0.15) is 0 Å². The van der Waals surface area contributed by atoms with Crippen LogP contribution in [0.5, 0.6) is 0 Å². The van der Waals surface area contributed by atoms with Gasteiger partial charge >= 0.3 is 0 Å². The molecule has 4 nitrogen and oxygen atoms in total. The fraction of sp³-hybridized carbons (Fsp3) is 0.400. The van der Waals surface area contributed by atoms with Crippen molar-refractivity contribution in [2.75, 3.05) is 17.3 Å². The van der Waals surface area contributed by atoms with Crippen molar-refractivity contribution in [3.8, 4) is 0 Å². The second-order valence-corrected chi connectivity index (χ2v) is 4.46. The van der Waals surface area contributed by atoms with E-state index < -0.39 is 5.54 Å². The maximum Gasteiger partial charge on any atom is 0.249 e. The number of hydrogen-bond acceptors (Lipinski definition) is 3. The van der Waals surface area contributed by atoms with Gasteiger partial charge < -0.3 is 10.2 Å². The van der Waals surface area contributed by atoms with Crippen LogP contribution in [0.4, 0.5) is 11.5 Å². The van der Waals surface area contributed by atoms with Crippen LogP contribution >= 0.6 is 11.6 Å². The van der Waals surface area contributed by atoms with Crippen molar-refractivity contribution >= 4 is 29.0 Å². The molecule has 0 saturated heterocycles. The third-order valence-corrected chi connectivity index (χ3v) is 3.01. The summed E-state index contributed by atoms with van der Waals surface area (Å²) in [5.74, 6) is 0.661. The van der Waals surface area contributed by atoms with Gasteiger partial charge in [-0.3, -0.25) is 4.79 Å². The molecule has 2 heterocycles. The average Bonchev–Trinajstić information content (AvgIpc) is 2.17. The summed E-state index contributed by atoms with van der Waals surface area (Å²) < 4.78 is 0. The number of nitrogens with zero attached hydrogens (tertiary/aromatic N) is 2. The predicted molar refractivity (Wildman–Crippen MR) is 60.4 cm³/mol. The summed E-state index contributed by atoms with van der Waals surface area (Å²) in [5.41, 5.74) is 0.0937. The van der Waals surface area contributed by atoms with Crippen LogP contribution in [0.25, 0.3) is 0 Å². The van der Waals surface area contributed by atoms with Gasteiger partial charge in [0.05, 0.1) is 5.69 Å². The average molecular weight is 226 g/mol. The van der Waals surface area contributed by atoms with Crippen molar-refractivity contribution in [2.24, 2.45) is 0 Å². The van der Waals surface area contributed by atoms with Crippen LogP contribution in [0.1, 0.15) is 13.8 Å². The second-order valence-electron chi connectivity index (χ2n) is 4.08. The molecular weight excluding hydrogens is 214 g/mol. The minimum absolute atomic E-state index is 0.0402. The number of carbonyl (C=O) groups excluding carboxylic acids is 1. The Hall–Kier alpha value is -1.29. The second kappa shape index (κ2) is 3.10. The first-order valence-corrected chi connectivity index (χ1v) is 5.02. The van der Waals surface area contributed by atoms with E-state index in [9.17, 15) is 4.79 Å². The Bertz CT molecular complexity index is 431. The number of pyridine rings is 1. The number of hydrogen-bond donors (Lipinski definition) is 1. The Morgan fingerprint density at radius 2 is 2.13 bits per heavy atom. The van der Waals surface area contributed by atoms with Crippen molar-refractivity contribution in [3.63, 3.8) is 0 Å². The number of carbonyl (C=O) groups is 1. The molecule has 0 aromatic carbocycles. The van der Waals surface area contributed by atoms with Gasteiger partial charge in [0.1, 0.15) is 10.7 Å². The van der Waals surface area contributed by atoms with Crippen molar-refractivity contribution in [3.05, 3.63) is 17.3 Å². The van der Waals surface area contributed by atoms with Crippen molar-refractivity contribution < 1.29 is 4.79 Å². The van der Waals surface area contributed by atoms with Gasteiger partial charge in [0, 0.05) is 7.05 Å². The van der Waals surface area contributed by atoms with Crippen LogP contribution in [-0.2, 0) is 4.79 Å². The van der Waals surface area contributed by atoms with E-state index in [2.05, 4.69) is 10.3 Å². The number of fused-ring (bicyclic) bond motifs is 1. The Kier molecular flexibility index (Phi) is 2.12. The van der Waals surface area contributed by atoms with Gasteiger partial charge in [0.15, 0.2) is 5.82 Å². The molecule has 0 radical (unpaired) electrons. The minimum Gasteiger partial charge on any atom is -0.344 e. The normalized spacial score (nSPS) is 18.4. The Morgan fingerprint density at radius 1 is 1.47 bits per heavy atom. The highest BCUT2D eigenvalue weighted by Gasteiger charge is 2.38. The maximum absolute atomic E-state index is 11.8. The molecule has 5 heteroatoms. The molecule has 1 amide bonds. The predicted octanol–water partition coefficient (Wildman–Crippen LogP) is 1.90. The molecule has 0 spiro atoms. The van der Waals surface area contributed by atoms with E-state index in [-0.39, 0.29) is 5.91 Å². The van der Waals surface area contributed by atoms with Crippen LogP contribution in [0.15, 0.2) is 12.1 Å². The smallest absolute Gasteiger partial charge is 0.249 e. The van der Waals surface area contributed by atoms with Gasteiger partial charge in [-0.1, -0.05) is 11.6 Å². The number of nitrogens with one attached hydrogen (secondary N) is 1. The molecule has 1 aliphatic heterocycles. The Morgan fingerprint density at radius 3 is 2.80 bits per heavy atom. The first kappa shape index (κ1) is 10.2. The standard InChI is InChI=1S/C10H12ClN3O/c1-10(2)9(15)12-6-4-5-7(11)13-8(6)14(10)3/h4-5H,1-3H3,(H,12,15).